The van der Waals surface area contributed by atoms with E-state index in [0.717, 1.165) is 16.4 Å². The normalized spacial score (nSPS) is 15.4. The fourth-order valence-electron chi connectivity index (χ4n) is 3.32. The molecule has 1 aliphatic rings. The van der Waals surface area contributed by atoms with E-state index < -0.39 is 10.0 Å². The molecule has 2 aromatic carbocycles. The highest BCUT2D eigenvalue weighted by molar-refractivity contribution is 7.89. The molecule has 0 atom stereocenters. The number of hydrogen-bond donors (Lipinski definition) is 0. The molecule has 4 rings (SSSR count). The Kier molecular flexibility index (Phi) is 7.03. The largest absolute Gasteiger partial charge is 0.345 e. The Labute approximate surface area is 205 Å². The van der Waals surface area contributed by atoms with Crippen molar-refractivity contribution in [3.8, 4) is 0 Å². The zero-order valence-corrected chi connectivity index (χ0v) is 20.7. The van der Waals surface area contributed by atoms with Crippen LogP contribution in [0.4, 0.5) is 5.13 Å². The molecule has 1 saturated heterocycles. The molecule has 0 unspecified atom stereocenters. The summed E-state index contributed by atoms with van der Waals surface area (Å²) in [5.74, 6) is 0. The summed E-state index contributed by atoms with van der Waals surface area (Å²) in [7, 11) is -3.71. The lowest BCUT2D eigenvalue weighted by atomic mass is 10.1. The van der Waals surface area contributed by atoms with Crippen molar-refractivity contribution in [2.45, 2.75) is 11.3 Å². The summed E-state index contributed by atoms with van der Waals surface area (Å²) in [4.78, 5) is 6.84. The molecule has 0 aliphatic carbocycles. The van der Waals surface area contributed by atoms with Gasteiger partial charge in [0.15, 0.2) is 5.13 Å². The number of nitrogens with zero attached hydrogens (tertiary/aromatic N) is 3. The van der Waals surface area contributed by atoms with E-state index in [9.17, 15) is 8.42 Å². The van der Waals surface area contributed by atoms with Gasteiger partial charge in [-0.05, 0) is 35.9 Å². The minimum absolute atomic E-state index is 0.0354. The highest BCUT2D eigenvalue weighted by Crippen LogP contribution is 2.30. The number of hydrogen-bond acceptors (Lipinski definition) is 5. The van der Waals surface area contributed by atoms with Gasteiger partial charge in [-0.25, -0.2) is 13.4 Å². The highest BCUT2D eigenvalue weighted by Gasteiger charge is 2.31. The van der Waals surface area contributed by atoms with Gasteiger partial charge >= 0.3 is 0 Å². The Hall–Kier alpha value is -1.06. The van der Waals surface area contributed by atoms with E-state index in [-0.39, 0.29) is 9.92 Å². The number of sulfonamides is 1. The lowest BCUT2D eigenvalue weighted by Crippen LogP contribution is -2.48. The molecule has 1 aromatic heterocycles. The molecular formula is C20H17Cl4N3O2S2. The monoisotopic (exact) mass is 535 g/mol. The number of rotatable bonds is 5. The van der Waals surface area contributed by atoms with Crippen LogP contribution in [0.25, 0.3) is 0 Å². The van der Waals surface area contributed by atoms with Crippen LogP contribution in [0.1, 0.15) is 11.3 Å². The van der Waals surface area contributed by atoms with Crippen LogP contribution in [0.15, 0.2) is 46.7 Å². The van der Waals surface area contributed by atoms with Gasteiger partial charge < -0.3 is 4.90 Å². The Morgan fingerprint density at radius 3 is 2.32 bits per heavy atom. The standard InChI is InChI=1S/C20H17Cl4N3O2S2/c21-14-2-4-17(23)19(11-14)31(28,29)27-7-5-26(6-8-27)20-25-15(12-30-20)9-13-1-3-16(22)18(24)10-13/h1-4,10-12H,5-9H2. The van der Waals surface area contributed by atoms with Crippen molar-refractivity contribution < 1.29 is 8.42 Å². The second kappa shape index (κ2) is 9.43. The van der Waals surface area contributed by atoms with Crippen LogP contribution in [-0.4, -0.2) is 43.9 Å². The van der Waals surface area contributed by atoms with Gasteiger partial charge in [0.2, 0.25) is 10.0 Å². The zero-order chi connectivity index (χ0) is 22.2. The quantitative estimate of drug-likeness (QED) is 0.410. The summed E-state index contributed by atoms with van der Waals surface area (Å²) in [6.45, 7) is 1.76. The molecular weight excluding hydrogens is 520 g/mol. The van der Waals surface area contributed by atoms with E-state index >= 15 is 0 Å². The van der Waals surface area contributed by atoms with Gasteiger partial charge in [-0.15, -0.1) is 11.3 Å². The van der Waals surface area contributed by atoms with Gasteiger partial charge in [0.05, 0.1) is 20.8 Å². The minimum Gasteiger partial charge on any atom is -0.345 e. The van der Waals surface area contributed by atoms with Crippen LogP contribution in [0, 0.1) is 0 Å². The van der Waals surface area contributed by atoms with Gasteiger partial charge in [-0.1, -0.05) is 52.5 Å². The molecule has 0 spiro atoms. The van der Waals surface area contributed by atoms with Crippen LogP contribution < -0.4 is 4.90 Å². The van der Waals surface area contributed by atoms with Crippen molar-refractivity contribution in [1.29, 1.82) is 0 Å². The molecule has 2 heterocycles. The summed E-state index contributed by atoms with van der Waals surface area (Å²) in [6, 6.07) is 10.0. The van der Waals surface area contributed by atoms with Crippen molar-refractivity contribution in [3.63, 3.8) is 0 Å². The Balaban J connectivity index is 1.42. The van der Waals surface area contributed by atoms with E-state index in [1.54, 1.807) is 23.5 Å². The molecule has 0 amide bonds. The predicted molar refractivity (Wildman–Crippen MR) is 129 cm³/mol. The average Bonchev–Trinajstić information content (AvgIpc) is 3.21. The number of aromatic nitrogens is 1. The fraction of sp³-hybridized carbons (Fsp3) is 0.250. The van der Waals surface area contributed by atoms with Gasteiger partial charge in [0.25, 0.3) is 0 Å². The molecule has 1 fully saturated rings. The Morgan fingerprint density at radius 1 is 0.903 bits per heavy atom. The molecule has 164 valence electrons. The Morgan fingerprint density at radius 2 is 1.61 bits per heavy atom. The van der Waals surface area contributed by atoms with Crippen molar-refractivity contribution in [2.24, 2.45) is 0 Å². The lowest BCUT2D eigenvalue weighted by molar-refractivity contribution is 0.384. The summed E-state index contributed by atoms with van der Waals surface area (Å²) < 4.78 is 27.4. The van der Waals surface area contributed by atoms with E-state index in [1.807, 2.05) is 17.5 Å². The molecule has 0 N–H and O–H groups in total. The number of anilines is 1. The maximum absolute atomic E-state index is 13.0. The molecule has 11 heteroatoms. The van der Waals surface area contributed by atoms with Crippen molar-refractivity contribution in [2.75, 3.05) is 31.1 Å². The molecule has 3 aromatic rings. The van der Waals surface area contributed by atoms with Crippen molar-refractivity contribution in [3.05, 3.63) is 73.1 Å². The van der Waals surface area contributed by atoms with Crippen LogP contribution in [-0.2, 0) is 16.4 Å². The first-order valence-corrected chi connectivity index (χ1v) is 13.2. The third-order valence-corrected chi connectivity index (χ3v) is 9.23. The van der Waals surface area contributed by atoms with Crippen LogP contribution in [0.3, 0.4) is 0 Å². The van der Waals surface area contributed by atoms with E-state index in [4.69, 9.17) is 51.4 Å². The van der Waals surface area contributed by atoms with Crippen LogP contribution in [0.5, 0.6) is 0 Å². The number of piperazine rings is 1. The van der Waals surface area contributed by atoms with Crippen molar-refractivity contribution >= 4 is 72.9 Å². The first-order valence-electron chi connectivity index (χ1n) is 9.32. The van der Waals surface area contributed by atoms with Crippen LogP contribution in [0.2, 0.25) is 20.1 Å². The topological polar surface area (TPSA) is 53.5 Å². The predicted octanol–water partition coefficient (Wildman–Crippen LogP) is 5.86. The number of halogens is 4. The Bertz CT molecular complexity index is 1210. The lowest BCUT2D eigenvalue weighted by Gasteiger charge is -2.34. The third-order valence-electron chi connectivity index (χ3n) is 4.93. The van der Waals surface area contributed by atoms with Gasteiger partial charge in [0, 0.05) is 43.0 Å². The average molecular weight is 537 g/mol. The summed E-state index contributed by atoms with van der Waals surface area (Å²) in [5, 5.41) is 4.42. The SMILES string of the molecule is O=S(=O)(c1cc(Cl)ccc1Cl)N1CCN(c2nc(Cc3ccc(Cl)c(Cl)c3)cs2)CC1. The molecule has 5 nitrogen and oxygen atoms in total. The smallest absolute Gasteiger partial charge is 0.244 e. The van der Waals surface area contributed by atoms with Gasteiger partial charge in [-0.3, -0.25) is 0 Å². The third kappa shape index (κ3) is 5.14. The van der Waals surface area contributed by atoms with Crippen molar-refractivity contribution in [1.82, 2.24) is 9.29 Å². The number of thiazole rings is 1. The van der Waals surface area contributed by atoms with Crippen LogP contribution >= 0.6 is 57.7 Å². The summed E-state index contributed by atoms with van der Waals surface area (Å²) in [5.41, 5.74) is 1.96. The first-order chi connectivity index (χ1) is 14.7. The zero-order valence-electron chi connectivity index (χ0n) is 16.1. The minimum atomic E-state index is -3.71. The number of benzene rings is 2. The molecule has 1 aliphatic heterocycles. The maximum atomic E-state index is 13.0. The second-order valence-electron chi connectivity index (χ2n) is 7.01. The molecule has 0 bridgehead atoms. The first kappa shape index (κ1) is 23.1. The van der Waals surface area contributed by atoms with E-state index in [2.05, 4.69) is 4.90 Å². The summed E-state index contributed by atoms with van der Waals surface area (Å²) in [6.07, 6.45) is 0.648. The second-order valence-corrected chi connectivity index (χ2v) is 11.4. The molecule has 0 saturated carbocycles. The molecule has 0 radical (unpaired) electrons. The van der Waals surface area contributed by atoms with E-state index in [0.29, 0.717) is 47.7 Å². The fourth-order valence-corrected chi connectivity index (χ4v) is 6.67. The summed E-state index contributed by atoms with van der Waals surface area (Å²) >= 11 is 25.7. The maximum Gasteiger partial charge on any atom is 0.244 e. The van der Waals surface area contributed by atoms with E-state index in [1.165, 1.54) is 16.4 Å². The van der Waals surface area contributed by atoms with Gasteiger partial charge in [-0.2, -0.15) is 4.31 Å². The highest BCUT2D eigenvalue weighted by atomic mass is 35.5. The van der Waals surface area contributed by atoms with Gasteiger partial charge in [0.1, 0.15) is 4.90 Å². The molecule has 31 heavy (non-hydrogen) atoms.